The zero-order valence-corrected chi connectivity index (χ0v) is 17.3. The number of Topliss-reactive ketones (excluding diaryl/α,β-unsaturated/α-hetero) is 2. The number of hydrogen-bond acceptors (Lipinski definition) is 4. The van der Waals surface area contributed by atoms with E-state index in [0.717, 1.165) is 34.7 Å². The highest BCUT2D eigenvalue weighted by molar-refractivity contribution is 6.26. The van der Waals surface area contributed by atoms with E-state index < -0.39 is 11.9 Å². The van der Waals surface area contributed by atoms with Crippen LogP contribution in [-0.4, -0.2) is 17.4 Å². The molecule has 1 unspecified atom stereocenters. The third-order valence-corrected chi connectivity index (χ3v) is 6.71. The Labute approximate surface area is 180 Å². The SMILES string of the molecule is CCCC[C@]12Cc3c(ccc4ccccc34)C(O1)C1=C(O2)C(=O)c2ccccc2C1=O. The molecule has 154 valence electrons. The molecule has 6 rings (SSSR count). The molecular formula is C27H22O4. The van der Waals surface area contributed by atoms with Crippen LogP contribution in [0.2, 0.25) is 0 Å². The first-order valence-corrected chi connectivity index (χ1v) is 10.9. The van der Waals surface area contributed by atoms with Crippen molar-refractivity contribution in [2.24, 2.45) is 0 Å². The lowest BCUT2D eigenvalue weighted by atomic mass is 9.77. The van der Waals surface area contributed by atoms with Crippen molar-refractivity contribution in [1.82, 2.24) is 0 Å². The Kier molecular flexibility index (Phi) is 3.96. The van der Waals surface area contributed by atoms with Gasteiger partial charge in [-0.3, -0.25) is 9.59 Å². The average molecular weight is 410 g/mol. The number of carbonyl (C=O) groups is 2. The molecule has 1 aliphatic carbocycles. The van der Waals surface area contributed by atoms with E-state index in [4.69, 9.17) is 9.47 Å². The summed E-state index contributed by atoms with van der Waals surface area (Å²) in [5.74, 6) is -1.16. The summed E-state index contributed by atoms with van der Waals surface area (Å²) in [5.41, 5.74) is 3.29. The van der Waals surface area contributed by atoms with Crippen molar-refractivity contribution < 1.29 is 19.1 Å². The number of benzene rings is 3. The molecule has 0 radical (unpaired) electrons. The van der Waals surface area contributed by atoms with E-state index in [9.17, 15) is 9.59 Å². The van der Waals surface area contributed by atoms with Gasteiger partial charge in [0.1, 0.15) is 6.10 Å². The van der Waals surface area contributed by atoms with E-state index in [1.54, 1.807) is 24.3 Å². The maximum atomic E-state index is 13.5. The number of carbonyl (C=O) groups excluding carboxylic acids is 2. The number of allylic oxidation sites excluding steroid dienone is 1. The highest BCUT2D eigenvalue weighted by Crippen LogP contribution is 2.52. The molecule has 0 saturated carbocycles. The summed E-state index contributed by atoms with van der Waals surface area (Å²) in [5, 5.41) is 2.30. The first-order chi connectivity index (χ1) is 15.1. The topological polar surface area (TPSA) is 52.6 Å². The van der Waals surface area contributed by atoms with E-state index in [-0.39, 0.29) is 17.3 Å². The number of unbranched alkanes of at least 4 members (excludes halogenated alkanes) is 1. The van der Waals surface area contributed by atoms with Crippen LogP contribution in [0.25, 0.3) is 10.8 Å². The number of ether oxygens (including phenoxy) is 2. The van der Waals surface area contributed by atoms with Crippen LogP contribution in [0.15, 0.2) is 72.0 Å². The van der Waals surface area contributed by atoms with Gasteiger partial charge in [-0.05, 0) is 28.3 Å². The molecule has 2 atom stereocenters. The molecule has 3 aromatic carbocycles. The largest absolute Gasteiger partial charge is 0.457 e. The third-order valence-electron chi connectivity index (χ3n) is 6.71. The second-order valence-corrected chi connectivity index (χ2v) is 8.59. The molecule has 2 bridgehead atoms. The predicted octanol–water partition coefficient (Wildman–Crippen LogP) is 5.70. The maximum Gasteiger partial charge on any atom is 0.228 e. The second-order valence-electron chi connectivity index (χ2n) is 8.59. The van der Waals surface area contributed by atoms with Gasteiger partial charge in [0, 0.05) is 24.0 Å². The smallest absolute Gasteiger partial charge is 0.228 e. The van der Waals surface area contributed by atoms with E-state index >= 15 is 0 Å². The molecule has 0 amide bonds. The van der Waals surface area contributed by atoms with Gasteiger partial charge in [0.2, 0.25) is 11.6 Å². The molecular weight excluding hydrogens is 388 g/mol. The summed E-state index contributed by atoms with van der Waals surface area (Å²) < 4.78 is 12.9. The van der Waals surface area contributed by atoms with Crippen LogP contribution in [-0.2, 0) is 15.9 Å². The fraction of sp³-hybridized carbons (Fsp3) is 0.259. The number of ketones is 2. The molecule has 4 heteroatoms. The van der Waals surface area contributed by atoms with Crippen molar-refractivity contribution >= 4 is 22.3 Å². The highest BCUT2D eigenvalue weighted by Gasteiger charge is 2.53. The summed E-state index contributed by atoms with van der Waals surface area (Å²) >= 11 is 0. The summed E-state index contributed by atoms with van der Waals surface area (Å²) in [6.07, 6.45) is 2.53. The van der Waals surface area contributed by atoms with Crippen molar-refractivity contribution in [3.63, 3.8) is 0 Å². The Bertz CT molecular complexity index is 1300. The van der Waals surface area contributed by atoms with Crippen molar-refractivity contribution in [2.75, 3.05) is 0 Å². The third kappa shape index (κ3) is 2.58. The van der Waals surface area contributed by atoms with Gasteiger partial charge in [-0.2, -0.15) is 0 Å². The Morgan fingerprint density at radius 1 is 0.935 bits per heavy atom. The number of rotatable bonds is 3. The normalized spacial score (nSPS) is 23.8. The van der Waals surface area contributed by atoms with Gasteiger partial charge in [0.25, 0.3) is 0 Å². The molecule has 2 heterocycles. The Morgan fingerprint density at radius 3 is 2.48 bits per heavy atom. The van der Waals surface area contributed by atoms with E-state index in [0.29, 0.717) is 29.5 Å². The number of fused-ring (bicyclic) bond motifs is 8. The molecule has 3 aliphatic rings. The first-order valence-electron chi connectivity index (χ1n) is 10.9. The van der Waals surface area contributed by atoms with Crippen LogP contribution < -0.4 is 0 Å². The van der Waals surface area contributed by atoms with Gasteiger partial charge in [0.15, 0.2) is 11.5 Å². The molecule has 0 aromatic heterocycles. The zero-order valence-electron chi connectivity index (χ0n) is 17.3. The average Bonchev–Trinajstić information content (AvgIpc) is 2.81. The van der Waals surface area contributed by atoms with Gasteiger partial charge in [0.05, 0.1) is 5.57 Å². The minimum Gasteiger partial charge on any atom is -0.457 e. The van der Waals surface area contributed by atoms with Crippen LogP contribution >= 0.6 is 0 Å². The Morgan fingerprint density at radius 2 is 1.68 bits per heavy atom. The molecule has 0 spiro atoms. The van der Waals surface area contributed by atoms with Gasteiger partial charge in [-0.1, -0.05) is 74.0 Å². The highest BCUT2D eigenvalue weighted by atomic mass is 16.7. The molecule has 31 heavy (non-hydrogen) atoms. The van der Waals surface area contributed by atoms with Crippen molar-refractivity contribution in [3.8, 4) is 0 Å². The first kappa shape index (κ1) is 18.5. The van der Waals surface area contributed by atoms with Crippen LogP contribution in [0.5, 0.6) is 0 Å². The monoisotopic (exact) mass is 410 g/mol. The van der Waals surface area contributed by atoms with Gasteiger partial charge < -0.3 is 9.47 Å². The molecule has 0 N–H and O–H groups in total. The van der Waals surface area contributed by atoms with E-state index in [2.05, 4.69) is 25.1 Å². The zero-order chi connectivity index (χ0) is 21.2. The van der Waals surface area contributed by atoms with E-state index in [1.807, 2.05) is 18.2 Å². The minimum absolute atomic E-state index is 0.176. The lowest BCUT2D eigenvalue weighted by Gasteiger charge is -2.48. The Balaban J connectivity index is 1.60. The quantitative estimate of drug-likeness (QED) is 0.555. The Hall–Kier alpha value is -3.24. The maximum absolute atomic E-state index is 13.5. The molecule has 4 nitrogen and oxygen atoms in total. The van der Waals surface area contributed by atoms with Crippen molar-refractivity contribution in [3.05, 3.63) is 94.2 Å². The second kappa shape index (κ2) is 6.63. The molecule has 0 fully saturated rings. The fourth-order valence-corrected chi connectivity index (χ4v) is 5.20. The summed E-state index contributed by atoms with van der Waals surface area (Å²) in [4.78, 5) is 26.9. The minimum atomic E-state index is -0.932. The summed E-state index contributed by atoms with van der Waals surface area (Å²) in [6, 6.07) is 19.4. The van der Waals surface area contributed by atoms with Gasteiger partial charge >= 0.3 is 0 Å². The van der Waals surface area contributed by atoms with Crippen LogP contribution in [0.4, 0.5) is 0 Å². The predicted molar refractivity (Wildman–Crippen MR) is 117 cm³/mol. The summed E-state index contributed by atoms with van der Waals surface area (Å²) in [7, 11) is 0. The van der Waals surface area contributed by atoms with Crippen molar-refractivity contribution in [2.45, 2.75) is 44.5 Å². The fourth-order valence-electron chi connectivity index (χ4n) is 5.20. The van der Waals surface area contributed by atoms with Crippen LogP contribution in [0.1, 0.15) is 64.1 Å². The van der Waals surface area contributed by atoms with Crippen LogP contribution in [0.3, 0.4) is 0 Å². The lowest BCUT2D eigenvalue weighted by Crippen LogP contribution is -2.49. The summed E-state index contributed by atoms with van der Waals surface area (Å²) in [6.45, 7) is 2.12. The molecule has 0 saturated heterocycles. The van der Waals surface area contributed by atoms with Gasteiger partial charge in [-0.25, -0.2) is 0 Å². The standard InChI is InChI=1S/C27H22O4/c1-2-3-14-27-15-21-17-9-5-4-8-16(17)12-13-20(21)25(30-27)22-23(28)18-10-6-7-11-19(18)24(29)26(22)31-27/h4-13,25H,2-3,14-15H2,1H3/t25?,27-/m0/s1. The van der Waals surface area contributed by atoms with E-state index in [1.165, 1.54) is 0 Å². The number of hydrogen-bond donors (Lipinski definition) is 0. The van der Waals surface area contributed by atoms with Crippen LogP contribution in [0, 0.1) is 0 Å². The molecule has 2 aliphatic heterocycles. The van der Waals surface area contributed by atoms with Crippen molar-refractivity contribution in [1.29, 1.82) is 0 Å². The van der Waals surface area contributed by atoms with Gasteiger partial charge in [-0.15, -0.1) is 0 Å². The lowest BCUT2D eigenvalue weighted by molar-refractivity contribution is -0.258. The molecule has 3 aromatic rings.